The summed E-state index contributed by atoms with van der Waals surface area (Å²) in [7, 11) is 0. The first-order valence-electron chi connectivity index (χ1n) is 7.62. The second-order valence-corrected chi connectivity index (χ2v) is 5.02. The van der Waals surface area contributed by atoms with E-state index in [9.17, 15) is 0 Å². The Morgan fingerprint density at radius 3 is 2.85 bits per heavy atom. The van der Waals surface area contributed by atoms with Crippen LogP contribution >= 0.6 is 0 Å². The van der Waals surface area contributed by atoms with E-state index >= 15 is 0 Å². The third-order valence-corrected chi connectivity index (χ3v) is 3.48. The molecule has 2 aromatic rings. The Morgan fingerprint density at radius 1 is 1.30 bits per heavy atom. The minimum atomic E-state index is 0.116. The molecule has 20 heavy (non-hydrogen) atoms. The van der Waals surface area contributed by atoms with E-state index in [2.05, 4.69) is 47.9 Å². The number of nitrogens with one attached hydrogen (secondary N) is 1. The fraction of sp³-hybridized carbons (Fsp3) is 0.562. The summed E-state index contributed by atoms with van der Waals surface area (Å²) in [6, 6.07) is 2.18. The van der Waals surface area contributed by atoms with Gasteiger partial charge in [0.05, 0.1) is 12.3 Å². The molecule has 0 amide bonds. The molecular weight excluding hydrogens is 250 g/mol. The second-order valence-electron chi connectivity index (χ2n) is 5.02. The Kier molecular flexibility index (Phi) is 5.41. The third kappa shape index (κ3) is 3.12. The van der Waals surface area contributed by atoms with Crippen LogP contribution in [0.25, 0.3) is 0 Å². The topological polar surface area (TPSA) is 43.0 Å². The molecular formula is C16H25N3O. The van der Waals surface area contributed by atoms with Crippen LogP contribution in [0, 0.1) is 0 Å². The van der Waals surface area contributed by atoms with Gasteiger partial charge in [0.1, 0.15) is 11.6 Å². The van der Waals surface area contributed by atoms with Crippen molar-refractivity contribution in [2.24, 2.45) is 0 Å². The van der Waals surface area contributed by atoms with Crippen LogP contribution in [0.2, 0.25) is 0 Å². The maximum Gasteiger partial charge on any atom is 0.130 e. The number of aromatic nitrogens is 2. The highest BCUT2D eigenvalue weighted by Crippen LogP contribution is 2.26. The Morgan fingerprint density at radius 2 is 2.15 bits per heavy atom. The van der Waals surface area contributed by atoms with Crippen molar-refractivity contribution >= 4 is 0 Å². The van der Waals surface area contributed by atoms with Crippen molar-refractivity contribution in [3.05, 3.63) is 41.9 Å². The van der Waals surface area contributed by atoms with Crippen molar-refractivity contribution in [2.75, 3.05) is 6.54 Å². The lowest BCUT2D eigenvalue weighted by Crippen LogP contribution is -2.26. The number of hydrogen-bond acceptors (Lipinski definition) is 3. The van der Waals surface area contributed by atoms with Crippen LogP contribution in [0.15, 0.2) is 29.1 Å². The quantitative estimate of drug-likeness (QED) is 0.801. The minimum Gasteiger partial charge on any atom is -0.469 e. The lowest BCUT2D eigenvalue weighted by molar-refractivity contribution is 0.487. The summed E-state index contributed by atoms with van der Waals surface area (Å²) in [5.41, 5.74) is 1.21. The molecule has 2 aromatic heterocycles. The fourth-order valence-corrected chi connectivity index (χ4v) is 2.54. The van der Waals surface area contributed by atoms with Crippen molar-refractivity contribution in [3.63, 3.8) is 0 Å². The molecule has 1 N–H and O–H groups in total. The largest absolute Gasteiger partial charge is 0.469 e. The van der Waals surface area contributed by atoms with E-state index in [1.54, 1.807) is 6.26 Å². The van der Waals surface area contributed by atoms with Gasteiger partial charge in [-0.05, 0) is 25.5 Å². The lowest BCUT2D eigenvalue weighted by atomic mass is 10.1. The summed E-state index contributed by atoms with van der Waals surface area (Å²) < 4.78 is 7.83. The normalized spacial score (nSPS) is 12.8. The molecule has 0 radical (unpaired) electrons. The molecule has 1 unspecified atom stereocenters. The van der Waals surface area contributed by atoms with Crippen molar-refractivity contribution in [3.8, 4) is 0 Å². The molecule has 2 heterocycles. The van der Waals surface area contributed by atoms with Crippen LogP contribution in [-0.2, 0) is 13.0 Å². The number of hydrogen-bond donors (Lipinski definition) is 1. The van der Waals surface area contributed by atoms with Gasteiger partial charge in [0.25, 0.3) is 0 Å². The molecule has 0 aliphatic rings. The summed E-state index contributed by atoms with van der Waals surface area (Å²) in [6.07, 6.45) is 8.84. The molecule has 0 saturated heterocycles. The van der Waals surface area contributed by atoms with Gasteiger partial charge >= 0.3 is 0 Å². The minimum absolute atomic E-state index is 0.116. The van der Waals surface area contributed by atoms with Gasteiger partial charge in [0.2, 0.25) is 0 Å². The highest BCUT2D eigenvalue weighted by molar-refractivity contribution is 5.27. The summed E-state index contributed by atoms with van der Waals surface area (Å²) in [4.78, 5) is 4.58. The van der Waals surface area contributed by atoms with E-state index in [4.69, 9.17) is 4.42 Å². The molecule has 110 valence electrons. The van der Waals surface area contributed by atoms with E-state index in [1.807, 2.05) is 6.20 Å². The zero-order valence-corrected chi connectivity index (χ0v) is 12.7. The van der Waals surface area contributed by atoms with Gasteiger partial charge in [-0.2, -0.15) is 0 Å². The maximum absolute atomic E-state index is 5.60. The molecule has 1 atom stereocenters. The van der Waals surface area contributed by atoms with Crippen LogP contribution in [0.4, 0.5) is 0 Å². The number of furan rings is 1. The molecule has 4 nitrogen and oxygen atoms in total. The van der Waals surface area contributed by atoms with Gasteiger partial charge in [-0.25, -0.2) is 4.98 Å². The monoisotopic (exact) mass is 275 g/mol. The Bertz CT molecular complexity index is 515. The third-order valence-electron chi connectivity index (χ3n) is 3.48. The molecule has 0 aliphatic heterocycles. The Hall–Kier alpha value is -1.55. The summed E-state index contributed by atoms with van der Waals surface area (Å²) in [5.74, 6) is 2.13. The molecule has 0 aromatic carbocycles. The Labute approximate surface area is 121 Å². The van der Waals surface area contributed by atoms with Gasteiger partial charge in [0, 0.05) is 30.9 Å². The van der Waals surface area contributed by atoms with E-state index in [-0.39, 0.29) is 6.04 Å². The van der Waals surface area contributed by atoms with Gasteiger partial charge < -0.3 is 14.3 Å². The SMILES string of the molecule is CCCNC(c1ccoc1CC)c1nccn1CCC. The molecule has 2 rings (SSSR count). The van der Waals surface area contributed by atoms with Crippen LogP contribution < -0.4 is 5.32 Å². The number of imidazole rings is 1. The number of aryl methyl sites for hydroxylation is 2. The van der Waals surface area contributed by atoms with Gasteiger partial charge in [-0.15, -0.1) is 0 Å². The lowest BCUT2D eigenvalue weighted by Gasteiger charge is -2.19. The maximum atomic E-state index is 5.60. The van der Waals surface area contributed by atoms with E-state index < -0.39 is 0 Å². The van der Waals surface area contributed by atoms with Crippen molar-refractivity contribution in [1.29, 1.82) is 0 Å². The average molecular weight is 275 g/mol. The second kappa shape index (κ2) is 7.29. The van der Waals surface area contributed by atoms with Crippen LogP contribution in [0.1, 0.15) is 56.8 Å². The van der Waals surface area contributed by atoms with E-state index in [1.165, 1.54) is 5.56 Å². The zero-order valence-electron chi connectivity index (χ0n) is 12.7. The van der Waals surface area contributed by atoms with Crippen LogP contribution in [0.3, 0.4) is 0 Å². The van der Waals surface area contributed by atoms with Gasteiger partial charge in [-0.1, -0.05) is 20.8 Å². The van der Waals surface area contributed by atoms with Crippen molar-refractivity contribution in [1.82, 2.24) is 14.9 Å². The summed E-state index contributed by atoms with van der Waals surface area (Å²) >= 11 is 0. The van der Waals surface area contributed by atoms with Crippen molar-refractivity contribution in [2.45, 2.75) is 52.6 Å². The predicted octanol–water partition coefficient (Wildman–Crippen LogP) is 3.54. The number of nitrogens with zero attached hydrogens (tertiary/aromatic N) is 2. The van der Waals surface area contributed by atoms with Gasteiger partial charge in [0.15, 0.2) is 0 Å². The first-order valence-corrected chi connectivity index (χ1v) is 7.62. The predicted molar refractivity (Wildman–Crippen MR) is 80.7 cm³/mol. The van der Waals surface area contributed by atoms with Gasteiger partial charge in [-0.3, -0.25) is 0 Å². The molecule has 0 aliphatic carbocycles. The molecule has 0 spiro atoms. The standard InChI is InChI=1S/C16H25N3O/c1-4-8-17-15(13-7-12-20-14(13)6-3)16-18-9-11-19(16)10-5-2/h7,9,11-12,15,17H,4-6,8,10H2,1-3H3. The summed E-state index contributed by atoms with van der Waals surface area (Å²) in [6.45, 7) is 8.46. The molecule has 0 fully saturated rings. The first kappa shape index (κ1) is 14.9. The average Bonchev–Trinajstić information content (AvgIpc) is 3.09. The first-order chi connectivity index (χ1) is 9.81. The molecule has 4 heteroatoms. The van der Waals surface area contributed by atoms with Crippen LogP contribution in [-0.4, -0.2) is 16.1 Å². The smallest absolute Gasteiger partial charge is 0.130 e. The highest BCUT2D eigenvalue weighted by atomic mass is 16.3. The van der Waals surface area contributed by atoms with Crippen LogP contribution in [0.5, 0.6) is 0 Å². The molecule has 0 saturated carbocycles. The van der Waals surface area contributed by atoms with E-state index in [0.717, 1.165) is 43.9 Å². The van der Waals surface area contributed by atoms with Crippen molar-refractivity contribution < 1.29 is 4.42 Å². The summed E-state index contributed by atoms with van der Waals surface area (Å²) in [5, 5.41) is 3.60. The fourth-order valence-electron chi connectivity index (χ4n) is 2.54. The zero-order chi connectivity index (χ0) is 14.4. The highest BCUT2D eigenvalue weighted by Gasteiger charge is 2.22. The Balaban J connectivity index is 2.34. The molecule has 0 bridgehead atoms. The van der Waals surface area contributed by atoms with E-state index in [0.29, 0.717) is 0 Å². The number of rotatable bonds is 8.